The van der Waals surface area contributed by atoms with Crippen molar-refractivity contribution in [1.82, 2.24) is 19.7 Å². The number of hydrogen-bond acceptors (Lipinski definition) is 5. The van der Waals surface area contributed by atoms with Crippen molar-refractivity contribution in [2.24, 2.45) is 0 Å². The van der Waals surface area contributed by atoms with E-state index in [1.54, 1.807) is 6.33 Å². The van der Waals surface area contributed by atoms with Crippen LogP contribution in [-0.2, 0) is 11.8 Å². The number of fused-ring (bicyclic) bond motifs is 5. The van der Waals surface area contributed by atoms with Crippen LogP contribution >= 0.6 is 0 Å². The zero-order valence-corrected chi connectivity index (χ0v) is 15.8. The Balaban J connectivity index is 1.92. The maximum absolute atomic E-state index is 6.33. The van der Waals surface area contributed by atoms with E-state index in [0.717, 1.165) is 40.9 Å². The first kappa shape index (κ1) is 15.9. The first-order chi connectivity index (χ1) is 12.4. The van der Waals surface area contributed by atoms with Crippen molar-refractivity contribution in [2.75, 3.05) is 5.73 Å². The van der Waals surface area contributed by atoms with Gasteiger partial charge >= 0.3 is 0 Å². The lowest BCUT2D eigenvalue weighted by Gasteiger charge is -2.24. The molecule has 6 heteroatoms. The fraction of sp³-hybridized carbons (Fsp3) is 0.550. The Labute approximate surface area is 152 Å². The summed E-state index contributed by atoms with van der Waals surface area (Å²) in [5.41, 5.74) is 11.8. The Bertz CT molecular complexity index is 1020. The smallest absolute Gasteiger partial charge is 0.146 e. The van der Waals surface area contributed by atoms with Gasteiger partial charge in [0, 0.05) is 28.8 Å². The van der Waals surface area contributed by atoms with E-state index in [0.29, 0.717) is 11.7 Å². The van der Waals surface area contributed by atoms with Gasteiger partial charge in [0.15, 0.2) is 0 Å². The third-order valence-corrected chi connectivity index (χ3v) is 6.00. The second-order valence-corrected chi connectivity index (χ2v) is 8.67. The number of nitrogens with zero attached hydrogens (tertiary/aromatic N) is 4. The molecule has 1 fully saturated rings. The molecule has 3 aromatic heterocycles. The molecule has 2 aliphatic rings. The third-order valence-electron chi connectivity index (χ3n) is 6.00. The highest BCUT2D eigenvalue weighted by atomic mass is 16.5. The van der Waals surface area contributed by atoms with Crippen molar-refractivity contribution in [2.45, 2.75) is 70.8 Å². The Morgan fingerprint density at radius 2 is 2.04 bits per heavy atom. The van der Waals surface area contributed by atoms with E-state index in [9.17, 15) is 0 Å². The molecule has 0 spiro atoms. The van der Waals surface area contributed by atoms with Gasteiger partial charge in [0.1, 0.15) is 29.2 Å². The van der Waals surface area contributed by atoms with E-state index in [1.807, 2.05) is 0 Å². The van der Waals surface area contributed by atoms with E-state index in [1.165, 1.54) is 24.1 Å². The molecule has 0 saturated heterocycles. The number of aromatic nitrogens is 4. The molecule has 0 unspecified atom stereocenters. The summed E-state index contributed by atoms with van der Waals surface area (Å²) >= 11 is 0. The largest absolute Gasteiger partial charge is 0.383 e. The highest BCUT2D eigenvalue weighted by Crippen LogP contribution is 2.52. The highest BCUT2D eigenvalue weighted by molar-refractivity contribution is 6.02. The molecule has 136 valence electrons. The molecular weight excluding hydrogens is 326 g/mol. The number of hydrogen-bond donors (Lipinski definition) is 1. The van der Waals surface area contributed by atoms with Crippen LogP contribution in [0.2, 0.25) is 0 Å². The molecule has 1 saturated carbocycles. The average Bonchev–Trinajstić information content (AvgIpc) is 3.24. The molecule has 6 nitrogen and oxygen atoms in total. The van der Waals surface area contributed by atoms with E-state index in [2.05, 4.69) is 47.4 Å². The quantitative estimate of drug-likeness (QED) is 0.742. The molecule has 2 N–H and O–H groups in total. The minimum absolute atomic E-state index is 0.0187. The van der Waals surface area contributed by atoms with Gasteiger partial charge in [-0.2, -0.15) is 0 Å². The van der Waals surface area contributed by atoms with E-state index < -0.39 is 0 Å². The van der Waals surface area contributed by atoms with Crippen LogP contribution in [0.25, 0.3) is 22.3 Å². The molecule has 0 aliphatic heterocycles. The lowest BCUT2D eigenvalue weighted by atomic mass is 9.79. The zero-order valence-electron chi connectivity index (χ0n) is 15.8. The molecule has 0 aromatic carbocycles. The van der Waals surface area contributed by atoms with Crippen LogP contribution in [0.4, 0.5) is 5.82 Å². The Hall–Kier alpha value is -2.37. The summed E-state index contributed by atoms with van der Waals surface area (Å²) in [4.78, 5) is 8.85. The summed E-state index contributed by atoms with van der Waals surface area (Å²) in [5.74, 6) is 2.13. The van der Waals surface area contributed by atoms with Crippen molar-refractivity contribution in [3.05, 3.63) is 23.3 Å². The van der Waals surface area contributed by atoms with Crippen LogP contribution in [0.15, 0.2) is 10.9 Å². The molecule has 5 rings (SSSR count). The maximum Gasteiger partial charge on any atom is 0.146 e. The Kier molecular flexibility index (Phi) is 3.10. The fourth-order valence-electron chi connectivity index (χ4n) is 4.57. The van der Waals surface area contributed by atoms with E-state index in [4.69, 9.17) is 10.3 Å². The van der Waals surface area contributed by atoms with Gasteiger partial charge in [-0.1, -0.05) is 19.0 Å². The molecule has 26 heavy (non-hydrogen) atoms. The maximum atomic E-state index is 6.33. The van der Waals surface area contributed by atoms with Crippen molar-refractivity contribution >= 4 is 16.9 Å². The third kappa shape index (κ3) is 2.01. The average molecular weight is 351 g/mol. The van der Waals surface area contributed by atoms with Crippen molar-refractivity contribution in [3.8, 4) is 11.3 Å². The number of anilines is 1. The second-order valence-electron chi connectivity index (χ2n) is 8.67. The summed E-state index contributed by atoms with van der Waals surface area (Å²) in [6.45, 7) is 8.99. The molecule has 0 bridgehead atoms. The second kappa shape index (κ2) is 5.09. The van der Waals surface area contributed by atoms with Crippen LogP contribution in [0.1, 0.15) is 75.9 Å². The van der Waals surface area contributed by atoms with Crippen molar-refractivity contribution in [1.29, 1.82) is 0 Å². The molecule has 2 aliphatic carbocycles. The minimum Gasteiger partial charge on any atom is -0.383 e. The van der Waals surface area contributed by atoms with Crippen LogP contribution in [0, 0.1) is 0 Å². The predicted octanol–water partition coefficient (Wildman–Crippen LogP) is 4.35. The van der Waals surface area contributed by atoms with Gasteiger partial charge in [0.25, 0.3) is 0 Å². The molecular formula is C20H25N5O. The summed E-state index contributed by atoms with van der Waals surface area (Å²) in [5, 5.41) is 5.50. The SMILES string of the molecule is CC(C)n1c2c(c3c(N)ncnc31)-c1noc(C3CC3)c1C(C)(C)CC2. The van der Waals surface area contributed by atoms with Crippen LogP contribution in [0.5, 0.6) is 0 Å². The van der Waals surface area contributed by atoms with Crippen LogP contribution in [-0.4, -0.2) is 19.7 Å². The van der Waals surface area contributed by atoms with Crippen LogP contribution in [0.3, 0.4) is 0 Å². The Morgan fingerprint density at radius 3 is 2.73 bits per heavy atom. The number of rotatable bonds is 2. The van der Waals surface area contributed by atoms with Crippen LogP contribution < -0.4 is 5.73 Å². The van der Waals surface area contributed by atoms with Crippen molar-refractivity contribution < 1.29 is 4.52 Å². The molecule has 0 atom stereocenters. The van der Waals surface area contributed by atoms with Gasteiger partial charge < -0.3 is 14.8 Å². The Morgan fingerprint density at radius 1 is 1.27 bits per heavy atom. The lowest BCUT2D eigenvalue weighted by molar-refractivity contribution is 0.374. The summed E-state index contributed by atoms with van der Waals surface area (Å²) in [6, 6.07) is 0.287. The van der Waals surface area contributed by atoms with Crippen molar-refractivity contribution in [3.63, 3.8) is 0 Å². The van der Waals surface area contributed by atoms with Gasteiger partial charge in [-0.3, -0.25) is 0 Å². The molecule has 0 amide bonds. The fourth-order valence-corrected chi connectivity index (χ4v) is 4.57. The van der Waals surface area contributed by atoms with Gasteiger partial charge in [-0.15, -0.1) is 0 Å². The summed E-state index contributed by atoms with van der Waals surface area (Å²) in [7, 11) is 0. The number of nitrogen functional groups attached to an aromatic ring is 1. The predicted molar refractivity (Wildman–Crippen MR) is 101 cm³/mol. The molecule has 3 aromatic rings. The summed E-state index contributed by atoms with van der Waals surface area (Å²) in [6.07, 6.45) is 5.97. The molecule has 3 heterocycles. The normalized spacial score (nSPS) is 18.8. The zero-order chi connectivity index (χ0) is 18.2. The summed E-state index contributed by atoms with van der Waals surface area (Å²) < 4.78 is 8.21. The van der Waals surface area contributed by atoms with Gasteiger partial charge in [-0.05, 0) is 44.9 Å². The van der Waals surface area contributed by atoms with E-state index in [-0.39, 0.29) is 11.5 Å². The standard InChI is InChI=1S/C20H25N5O/c1-10(2)25-12-7-8-20(3,4)15-16(24-26-17(15)11-5-6-11)13(12)14-18(21)22-9-23-19(14)25/h9-11H,5-8H2,1-4H3,(H2,21,22,23). The minimum atomic E-state index is 0.0187. The van der Waals surface area contributed by atoms with Gasteiger partial charge in [0.2, 0.25) is 0 Å². The van der Waals surface area contributed by atoms with Gasteiger partial charge in [0.05, 0.1) is 5.39 Å². The van der Waals surface area contributed by atoms with Gasteiger partial charge in [-0.25, -0.2) is 9.97 Å². The lowest BCUT2D eigenvalue weighted by Crippen LogP contribution is -2.19. The monoisotopic (exact) mass is 351 g/mol. The number of nitrogens with two attached hydrogens (primary N) is 1. The topological polar surface area (TPSA) is 82.8 Å². The first-order valence-electron chi connectivity index (χ1n) is 9.53. The highest BCUT2D eigenvalue weighted by Gasteiger charge is 2.42. The first-order valence-corrected chi connectivity index (χ1v) is 9.53. The van der Waals surface area contributed by atoms with E-state index >= 15 is 0 Å². The molecule has 0 radical (unpaired) electrons.